The highest BCUT2D eigenvalue weighted by atomic mass is 15.2. The summed E-state index contributed by atoms with van der Waals surface area (Å²) in [5.74, 6) is 0. The van der Waals surface area contributed by atoms with Crippen LogP contribution < -0.4 is 4.90 Å². The van der Waals surface area contributed by atoms with E-state index < -0.39 is 0 Å². The van der Waals surface area contributed by atoms with E-state index >= 15 is 0 Å². The fraction of sp³-hybridized carbons (Fsp3) is 0.520. The summed E-state index contributed by atoms with van der Waals surface area (Å²) in [6, 6.07) is 18.4. The standard InChI is InChI=1S/C25H35N/c1-7-17-25(6)18-24(5,8-2)21-14-10-12-16-23(21)26(20(25)4)22-15-11-9-13-19(22)3/h9-16,20H,7-8,17-18H2,1-6H3/t20-,24?,25+/m0/s1. The van der Waals surface area contributed by atoms with Crippen LogP contribution in [0.3, 0.4) is 0 Å². The molecule has 140 valence electrons. The summed E-state index contributed by atoms with van der Waals surface area (Å²) >= 11 is 0. The highest BCUT2D eigenvalue weighted by Crippen LogP contribution is 2.53. The second-order valence-electron chi connectivity index (χ2n) is 8.84. The van der Waals surface area contributed by atoms with Crippen LogP contribution in [0, 0.1) is 12.3 Å². The quantitative estimate of drug-likeness (QED) is 0.556. The first-order valence-corrected chi connectivity index (χ1v) is 10.3. The van der Waals surface area contributed by atoms with Crippen molar-refractivity contribution in [1.82, 2.24) is 0 Å². The van der Waals surface area contributed by atoms with Gasteiger partial charge < -0.3 is 4.90 Å². The molecule has 0 fully saturated rings. The van der Waals surface area contributed by atoms with E-state index in [-0.39, 0.29) is 10.8 Å². The van der Waals surface area contributed by atoms with Gasteiger partial charge in [0.25, 0.3) is 0 Å². The normalized spacial score (nSPS) is 28.5. The Morgan fingerprint density at radius 1 is 0.962 bits per heavy atom. The van der Waals surface area contributed by atoms with Gasteiger partial charge in [0.15, 0.2) is 0 Å². The maximum Gasteiger partial charge on any atom is 0.0451 e. The summed E-state index contributed by atoms with van der Waals surface area (Å²) in [5, 5.41) is 0. The molecule has 1 nitrogen and oxygen atoms in total. The fourth-order valence-electron chi connectivity index (χ4n) is 5.20. The number of nitrogens with zero attached hydrogens (tertiary/aromatic N) is 1. The van der Waals surface area contributed by atoms with Gasteiger partial charge in [-0.2, -0.15) is 0 Å². The summed E-state index contributed by atoms with van der Waals surface area (Å²) in [6.45, 7) is 14.4. The molecule has 0 saturated heterocycles. The third-order valence-corrected chi connectivity index (χ3v) is 6.98. The average Bonchev–Trinajstić information content (AvgIpc) is 2.70. The molecular weight excluding hydrogens is 314 g/mol. The molecule has 26 heavy (non-hydrogen) atoms. The molecular formula is C25H35N. The van der Waals surface area contributed by atoms with Crippen LogP contribution in [-0.2, 0) is 5.41 Å². The average molecular weight is 350 g/mol. The Morgan fingerprint density at radius 3 is 2.19 bits per heavy atom. The molecule has 2 aromatic carbocycles. The predicted molar refractivity (Wildman–Crippen MR) is 114 cm³/mol. The molecule has 0 aliphatic carbocycles. The Kier molecular flexibility index (Phi) is 5.19. The molecule has 1 unspecified atom stereocenters. The van der Waals surface area contributed by atoms with Crippen molar-refractivity contribution in [3.8, 4) is 0 Å². The molecule has 0 amide bonds. The molecule has 1 aliphatic heterocycles. The van der Waals surface area contributed by atoms with Gasteiger partial charge in [0.1, 0.15) is 0 Å². The van der Waals surface area contributed by atoms with Crippen LogP contribution in [-0.4, -0.2) is 6.04 Å². The van der Waals surface area contributed by atoms with Crippen molar-refractivity contribution in [2.45, 2.75) is 78.7 Å². The highest BCUT2D eigenvalue weighted by Gasteiger charge is 2.46. The van der Waals surface area contributed by atoms with Crippen LogP contribution in [0.2, 0.25) is 0 Å². The van der Waals surface area contributed by atoms with Gasteiger partial charge in [0.05, 0.1) is 0 Å². The van der Waals surface area contributed by atoms with Gasteiger partial charge >= 0.3 is 0 Å². The SMILES string of the molecule is CCC[C@]1(C)CC(C)(CC)c2ccccc2N(c2ccccc2C)[C@H]1C. The summed E-state index contributed by atoms with van der Waals surface area (Å²) in [7, 11) is 0. The molecule has 1 heterocycles. The number of para-hydroxylation sites is 2. The van der Waals surface area contributed by atoms with Gasteiger partial charge in [-0.25, -0.2) is 0 Å². The Bertz CT molecular complexity index is 764. The Labute approximate surface area is 160 Å². The maximum absolute atomic E-state index is 2.64. The third kappa shape index (κ3) is 3.06. The molecule has 2 aromatic rings. The van der Waals surface area contributed by atoms with Gasteiger partial charge in [0.2, 0.25) is 0 Å². The summed E-state index contributed by atoms with van der Waals surface area (Å²) in [6.07, 6.45) is 4.92. The van der Waals surface area contributed by atoms with Crippen molar-refractivity contribution < 1.29 is 0 Å². The Morgan fingerprint density at radius 2 is 1.58 bits per heavy atom. The molecule has 1 aliphatic rings. The van der Waals surface area contributed by atoms with Crippen LogP contribution in [0.1, 0.15) is 71.4 Å². The number of hydrogen-bond donors (Lipinski definition) is 0. The molecule has 1 heteroatoms. The monoisotopic (exact) mass is 349 g/mol. The molecule has 0 aromatic heterocycles. The van der Waals surface area contributed by atoms with Gasteiger partial charge in [0, 0.05) is 17.4 Å². The number of benzene rings is 2. The first kappa shape index (κ1) is 19.0. The van der Waals surface area contributed by atoms with Crippen molar-refractivity contribution >= 4 is 11.4 Å². The van der Waals surface area contributed by atoms with Crippen LogP contribution in [0.4, 0.5) is 11.4 Å². The lowest BCUT2D eigenvalue weighted by Gasteiger charge is -2.44. The zero-order valence-corrected chi connectivity index (χ0v) is 17.5. The zero-order chi connectivity index (χ0) is 18.9. The van der Waals surface area contributed by atoms with E-state index in [1.807, 2.05) is 0 Å². The number of anilines is 2. The molecule has 0 spiro atoms. The first-order chi connectivity index (χ1) is 12.4. The molecule has 0 radical (unpaired) electrons. The summed E-state index contributed by atoms with van der Waals surface area (Å²) in [5.41, 5.74) is 6.12. The minimum atomic E-state index is 0.214. The van der Waals surface area contributed by atoms with Gasteiger partial charge in [-0.15, -0.1) is 0 Å². The molecule has 3 rings (SSSR count). The molecule has 0 saturated carbocycles. The second-order valence-corrected chi connectivity index (χ2v) is 8.84. The smallest absolute Gasteiger partial charge is 0.0451 e. The molecule has 0 bridgehead atoms. The minimum Gasteiger partial charge on any atom is -0.338 e. The summed E-state index contributed by atoms with van der Waals surface area (Å²) < 4.78 is 0. The van der Waals surface area contributed by atoms with Gasteiger partial charge in [-0.05, 0) is 67.2 Å². The van der Waals surface area contributed by atoms with Crippen molar-refractivity contribution in [2.24, 2.45) is 5.41 Å². The van der Waals surface area contributed by atoms with Crippen molar-refractivity contribution in [1.29, 1.82) is 0 Å². The largest absolute Gasteiger partial charge is 0.338 e. The minimum absolute atomic E-state index is 0.214. The van der Waals surface area contributed by atoms with Crippen LogP contribution in [0.25, 0.3) is 0 Å². The topological polar surface area (TPSA) is 3.24 Å². The number of rotatable bonds is 4. The second kappa shape index (κ2) is 7.10. The lowest BCUT2D eigenvalue weighted by Crippen LogP contribution is -2.43. The van der Waals surface area contributed by atoms with E-state index in [0.29, 0.717) is 6.04 Å². The van der Waals surface area contributed by atoms with Crippen molar-refractivity contribution in [3.63, 3.8) is 0 Å². The lowest BCUT2D eigenvalue weighted by atomic mass is 9.65. The van der Waals surface area contributed by atoms with Crippen molar-refractivity contribution in [2.75, 3.05) is 4.90 Å². The van der Waals surface area contributed by atoms with E-state index in [4.69, 9.17) is 0 Å². The molecule has 3 atom stereocenters. The van der Waals surface area contributed by atoms with E-state index in [2.05, 4.69) is 95.0 Å². The third-order valence-electron chi connectivity index (χ3n) is 6.98. The Balaban J connectivity index is 2.29. The van der Waals surface area contributed by atoms with Crippen LogP contribution in [0.5, 0.6) is 0 Å². The van der Waals surface area contributed by atoms with Crippen molar-refractivity contribution in [3.05, 3.63) is 59.7 Å². The zero-order valence-electron chi connectivity index (χ0n) is 17.5. The Hall–Kier alpha value is -1.76. The van der Waals surface area contributed by atoms with E-state index in [1.165, 1.54) is 48.2 Å². The lowest BCUT2D eigenvalue weighted by molar-refractivity contribution is 0.172. The maximum atomic E-state index is 2.64. The van der Waals surface area contributed by atoms with E-state index in [0.717, 1.165) is 0 Å². The summed E-state index contributed by atoms with van der Waals surface area (Å²) in [4.78, 5) is 2.64. The highest BCUT2D eigenvalue weighted by molar-refractivity contribution is 5.72. The predicted octanol–water partition coefficient (Wildman–Crippen LogP) is 7.40. The van der Waals surface area contributed by atoms with E-state index in [1.54, 1.807) is 0 Å². The first-order valence-electron chi connectivity index (χ1n) is 10.3. The van der Waals surface area contributed by atoms with Gasteiger partial charge in [-0.1, -0.05) is 70.5 Å². The number of aryl methyl sites for hydroxylation is 1. The number of hydrogen-bond acceptors (Lipinski definition) is 1. The molecule has 0 N–H and O–H groups in total. The van der Waals surface area contributed by atoms with Crippen LogP contribution in [0.15, 0.2) is 48.5 Å². The fourth-order valence-corrected chi connectivity index (χ4v) is 5.20. The van der Waals surface area contributed by atoms with Gasteiger partial charge in [-0.3, -0.25) is 0 Å². The van der Waals surface area contributed by atoms with Crippen LogP contribution >= 0.6 is 0 Å². The van der Waals surface area contributed by atoms with E-state index in [9.17, 15) is 0 Å². The number of fused-ring (bicyclic) bond motifs is 1.